The van der Waals surface area contributed by atoms with Crippen molar-refractivity contribution in [2.24, 2.45) is 5.92 Å². The highest BCUT2D eigenvalue weighted by atomic mass is 16.5. The highest BCUT2D eigenvalue weighted by Gasteiger charge is 2.25. The SMILES string of the molecule is CC(=O)NC(Cc1coc2cc(Oc3ccc(-c4ccn[nH]4)cn3)ccc12)C1CCNCC1. The van der Waals surface area contributed by atoms with E-state index < -0.39 is 0 Å². The molecule has 1 atom stereocenters. The van der Waals surface area contributed by atoms with E-state index >= 15 is 0 Å². The molecule has 0 bridgehead atoms. The smallest absolute Gasteiger partial charge is 0.219 e. The Bertz CT molecular complexity index is 1210. The summed E-state index contributed by atoms with van der Waals surface area (Å²) in [6, 6.07) is 11.6. The van der Waals surface area contributed by atoms with E-state index in [0.717, 1.165) is 60.1 Å². The fraction of sp³-hybridized carbons (Fsp3) is 0.320. The highest BCUT2D eigenvalue weighted by Crippen LogP contribution is 2.30. The van der Waals surface area contributed by atoms with Crippen LogP contribution in [0.15, 0.2) is 59.5 Å². The Labute approximate surface area is 191 Å². The fourth-order valence-corrected chi connectivity index (χ4v) is 4.50. The monoisotopic (exact) mass is 445 g/mol. The van der Waals surface area contributed by atoms with Crippen molar-refractivity contribution < 1.29 is 13.9 Å². The molecule has 0 spiro atoms. The van der Waals surface area contributed by atoms with Crippen LogP contribution in [0.1, 0.15) is 25.3 Å². The number of H-pyrrole nitrogens is 1. The van der Waals surface area contributed by atoms with Crippen LogP contribution >= 0.6 is 0 Å². The van der Waals surface area contributed by atoms with Crippen LogP contribution in [0.25, 0.3) is 22.2 Å². The third-order valence-corrected chi connectivity index (χ3v) is 6.18. The van der Waals surface area contributed by atoms with E-state index in [1.165, 1.54) is 0 Å². The van der Waals surface area contributed by atoms with Gasteiger partial charge in [0.1, 0.15) is 11.3 Å². The molecule has 33 heavy (non-hydrogen) atoms. The first kappa shape index (κ1) is 21.2. The predicted molar refractivity (Wildman–Crippen MR) is 125 cm³/mol. The molecule has 8 heteroatoms. The number of piperidine rings is 1. The van der Waals surface area contributed by atoms with E-state index in [1.807, 2.05) is 36.4 Å². The van der Waals surface area contributed by atoms with Crippen molar-refractivity contribution >= 4 is 16.9 Å². The molecule has 1 amide bonds. The Morgan fingerprint density at radius 1 is 1.24 bits per heavy atom. The largest absolute Gasteiger partial charge is 0.464 e. The number of hydrogen-bond donors (Lipinski definition) is 3. The summed E-state index contributed by atoms with van der Waals surface area (Å²) in [6.07, 6.45) is 8.11. The molecule has 1 fully saturated rings. The van der Waals surface area contributed by atoms with E-state index in [4.69, 9.17) is 9.15 Å². The van der Waals surface area contributed by atoms with Crippen LogP contribution in [0.4, 0.5) is 0 Å². The number of hydrogen-bond acceptors (Lipinski definition) is 6. The second kappa shape index (κ2) is 9.46. The van der Waals surface area contributed by atoms with Crippen molar-refractivity contribution in [2.45, 2.75) is 32.2 Å². The zero-order valence-corrected chi connectivity index (χ0v) is 18.5. The number of nitrogens with zero attached hydrogens (tertiary/aromatic N) is 2. The number of pyridine rings is 1. The first-order chi connectivity index (χ1) is 16.2. The van der Waals surface area contributed by atoms with Crippen LogP contribution in [0, 0.1) is 5.92 Å². The van der Waals surface area contributed by atoms with Crippen molar-refractivity contribution in [3.05, 3.63) is 60.6 Å². The molecular weight excluding hydrogens is 418 g/mol. The summed E-state index contributed by atoms with van der Waals surface area (Å²) >= 11 is 0. The van der Waals surface area contributed by atoms with Crippen molar-refractivity contribution in [2.75, 3.05) is 13.1 Å². The van der Waals surface area contributed by atoms with Crippen molar-refractivity contribution in [3.63, 3.8) is 0 Å². The lowest BCUT2D eigenvalue weighted by Gasteiger charge is -2.31. The lowest BCUT2D eigenvalue weighted by molar-refractivity contribution is -0.120. The first-order valence-corrected chi connectivity index (χ1v) is 11.3. The minimum atomic E-state index is 0.00747. The molecule has 0 saturated carbocycles. The second-order valence-corrected chi connectivity index (χ2v) is 8.47. The van der Waals surface area contributed by atoms with Gasteiger partial charge in [0.05, 0.1) is 12.0 Å². The lowest BCUT2D eigenvalue weighted by Crippen LogP contribution is -2.44. The molecule has 170 valence electrons. The van der Waals surface area contributed by atoms with Crippen molar-refractivity contribution in [1.82, 2.24) is 25.8 Å². The van der Waals surface area contributed by atoms with Gasteiger partial charge < -0.3 is 19.8 Å². The third-order valence-electron chi connectivity index (χ3n) is 6.18. The van der Waals surface area contributed by atoms with Gasteiger partial charge in [-0.25, -0.2) is 4.98 Å². The summed E-state index contributed by atoms with van der Waals surface area (Å²) in [5.41, 5.74) is 3.69. The fourth-order valence-electron chi connectivity index (χ4n) is 4.50. The Morgan fingerprint density at radius 3 is 2.85 bits per heavy atom. The van der Waals surface area contributed by atoms with Crippen LogP contribution in [0.3, 0.4) is 0 Å². The number of ether oxygens (including phenoxy) is 1. The average Bonchev–Trinajstić information content (AvgIpc) is 3.50. The van der Waals surface area contributed by atoms with Gasteiger partial charge in [0.25, 0.3) is 0 Å². The van der Waals surface area contributed by atoms with Gasteiger partial charge in [-0.1, -0.05) is 0 Å². The predicted octanol–water partition coefficient (Wildman–Crippen LogP) is 4.06. The zero-order valence-electron chi connectivity index (χ0n) is 18.5. The van der Waals surface area contributed by atoms with Gasteiger partial charge in [0.2, 0.25) is 11.8 Å². The third kappa shape index (κ3) is 4.90. The quantitative estimate of drug-likeness (QED) is 0.396. The van der Waals surface area contributed by atoms with Gasteiger partial charge >= 0.3 is 0 Å². The normalized spacial score (nSPS) is 15.4. The van der Waals surface area contributed by atoms with E-state index in [1.54, 1.807) is 25.6 Å². The summed E-state index contributed by atoms with van der Waals surface area (Å²) < 4.78 is 11.8. The molecule has 1 saturated heterocycles. The van der Waals surface area contributed by atoms with Crippen LogP contribution in [-0.4, -0.2) is 40.2 Å². The molecule has 1 aliphatic heterocycles. The Hall–Kier alpha value is -3.65. The van der Waals surface area contributed by atoms with Gasteiger partial charge in [-0.15, -0.1) is 0 Å². The topological polar surface area (TPSA) is 105 Å². The molecule has 1 aromatic carbocycles. The van der Waals surface area contributed by atoms with Gasteiger partial charge in [-0.2, -0.15) is 5.10 Å². The number of carbonyl (C=O) groups excluding carboxylic acids is 1. The van der Waals surface area contributed by atoms with Crippen molar-refractivity contribution in [1.29, 1.82) is 0 Å². The molecule has 1 aliphatic rings. The standard InChI is InChI=1S/C25H27N5O3/c1-16(31)29-23(17-6-9-26-10-7-17)12-19-15-32-24-13-20(3-4-21(19)24)33-25-5-2-18(14-27-25)22-8-11-28-30-22/h2-5,8,11,13-15,17,23,26H,6-7,9-10,12H2,1H3,(H,28,30)(H,29,31). The summed E-state index contributed by atoms with van der Waals surface area (Å²) in [7, 11) is 0. The average molecular weight is 446 g/mol. The molecule has 1 unspecified atom stereocenters. The second-order valence-electron chi connectivity index (χ2n) is 8.47. The van der Waals surface area contributed by atoms with E-state index in [9.17, 15) is 4.79 Å². The zero-order chi connectivity index (χ0) is 22.6. The molecule has 3 N–H and O–H groups in total. The molecular formula is C25H27N5O3. The van der Waals surface area contributed by atoms with Crippen LogP contribution < -0.4 is 15.4 Å². The minimum Gasteiger partial charge on any atom is -0.464 e. The number of furan rings is 1. The summed E-state index contributed by atoms with van der Waals surface area (Å²) in [4.78, 5) is 16.2. The maximum Gasteiger partial charge on any atom is 0.219 e. The minimum absolute atomic E-state index is 0.00747. The number of amides is 1. The highest BCUT2D eigenvalue weighted by molar-refractivity contribution is 5.82. The number of fused-ring (bicyclic) bond motifs is 1. The Kier molecular flexibility index (Phi) is 6.08. The molecule has 0 radical (unpaired) electrons. The van der Waals surface area contributed by atoms with Gasteiger partial charge in [-0.05, 0) is 62.5 Å². The van der Waals surface area contributed by atoms with Gasteiger partial charge in [0.15, 0.2) is 0 Å². The van der Waals surface area contributed by atoms with E-state index in [-0.39, 0.29) is 11.9 Å². The Balaban J connectivity index is 1.31. The Morgan fingerprint density at radius 2 is 2.12 bits per heavy atom. The number of carbonyl (C=O) groups is 1. The molecule has 0 aliphatic carbocycles. The summed E-state index contributed by atoms with van der Waals surface area (Å²) in [6.45, 7) is 3.57. The number of aromatic nitrogens is 3. The molecule has 8 nitrogen and oxygen atoms in total. The molecule has 4 aromatic rings. The number of nitrogens with one attached hydrogen (secondary N) is 3. The molecule has 4 heterocycles. The maximum atomic E-state index is 11.8. The number of aromatic amines is 1. The van der Waals surface area contributed by atoms with Crippen molar-refractivity contribution in [3.8, 4) is 22.9 Å². The van der Waals surface area contributed by atoms with Crippen LogP contribution in [0.5, 0.6) is 11.6 Å². The van der Waals surface area contributed by atoms with Crippen LogP contribution in [-0.2, 0) is 11.2 Å². The van der Waals surface area contributed by atoms with Crippen LogP contribution in [0.2, 0.25) is 0 Å². The van der Waals surface area contributed by atoms with E-state index in [2.05, 4.69) is 25.8 Å². The number of rotatable bonds is 7. The molecule has 5 rings (SSSR count). The lowest BCUT2D eigenvalue weighted by atomic mass is 9.86. The summed E-state index contributed by atoms with van der Waals surface area (Å²) in [5, 5.41) is 14.5. The van der Waals surface area contributed by atoms with Gasteiger partial charge in [-0.3, -0.25) is 9.89 Å². The number of benzene rings is 1. The van der Waals surface area contributed by atoms with E-state index in [0.29, 0.717) is 17.5 Å². The first-order valence-electron chi connectivity index (χ1n) is 11.3. The molecule has 3 aromatic heterocycles. The summed E-state index contributed by atoms with van der Waals surface area (Å²) in [5.74, 6) is 1.62. The van der Waals surface area contributed by atoms with Gasteiger partial charge in [0, 0.05) is 54.0 Å². The maximum absolute atomic E-state index is 11.8.